The van der Waals surface area contributed by atoms with E-state index in [9.17, 15) is 0 Å². The summed E-state index contributed by atoms with van der Waals surface area (Å²) in [5, 5.41) is 2.02. The molecule has 0 aliphatic rings. The van der Waals surface area contributed by atoms with Crippen LogP contribution in [0.15, 0.2) is 46.7 Å². The minimum absolute atomic E-state index is 0.681. The van der Waals surface area contributed by atoms with Crippen LogP contribution in [-0.2, 0) is 0 Å². The van der Waals surface area contributed by atoms with Gasteiger partial charge in [-0.3, -0.25) is 0 Å². The highest BCUT2D eigenvalue weighted by Crippen LogP contribution is 2.25. The van der Waals surface area contributed by atoms with E-state index in [1.54, 1.807) is 0 Å². The summed E-state index contributed by atoms with van der Waals surface area (Å²) >= 11 is 3.64. The number of nitrogens with zero attached hydrogens (tertiary/aromatic N) is 2. The molecule has 0 amide bonds. The fourth-order valence-corrected chi connectivity index (χ4v) is 5.96. The van der Waals surface area contributed by atoms with Crippen molar-refractivity contribution in [1.82, 2.24) is 19.9 Å². The lowest BCUT2D eigenvalue weighted by Gasteiger charge is -2.02. The van der Waals surface area contributed by atoms with E-state index in [1.165, 1.54) is 51.4 Å². The predicted octanol–water partition coefficient (Wildman–Crippen LogP) is 8.24. The number of aromatic nitrogens is 4. The van der Waals surface area contributed by atoms with E-state index in [-0.39, 0.29) is 0 Å². The predicted molar refractivity (Wildman–Crippen MR) is 153 cm³/mol. The summed E-state index contributed by atoms with van der Waals surface area (Å²) in [4.78, 5) is 16.2. The molecule has 0 aliphatic carbocycles. The molecule has 4 rings (SSSR count). The average Bonchev–Trinajstić information content (AvgIpc) is 3.47. The minimum Gasteiger partial charge on any atom is -0.494 e. The van der Waals surface area contributed by atoms with Crippen molar-refractivity contribution < 1.29 is 9.47 Å². The molecule has 0 saturated heterocycles. The van der Waals surface area contributed by atoms with E-state index in [0.717, 1.165) is 55.4 Å². The zero-order valence-corrected chi connectivity index (χ0v) is 23.1. The fourth-order valence-electron chi connectivity index (χ4n) is 4.18. The van der Waals surface area contributed by atoms with Crippen LogP contribution in [-0.4, -0.2) is 44.7 Å². The van der Waals surface area contributed by atoms with Crippen LogP contribution in [0.3, 0.4) is 0 Å². The van der Waals surface area contributed by atoms with Gasteiger partial charge in [0, 0.05) is 23.6 Å². The molecule has 4 aromatic rings. The Morgan fingerprint density at radius 1 is 0.611 bits per heavy atom. The molecule has 0 saturated carbocycles. The number of unbranched alkanes of at least 4 members (excludes halogenated alkanes) is 7. The Bertz CT molecular complexity index is 1110. The summed E-state index contributed by atoms with van der Waals surface area (Å²) in [6.45, 7) is 5.37. The van der Waals surface area contributed by atoms with Crippen molar-refractivity contribution in [2.75, 3.05) is 24.7 Å². The summed E-state index contributed by atoms with van der Waals surface area (Å²) in [5.41, 5.74) is 4.12. The van der Waals surface area contributed by atoms with Crippen LogP contribution in [0.25, 0.3) is 22.1 Å². The number of hydrogen-bond donors (Lipinski definition) is 2. The van der Waals surface area contributed by atoms with E-state index in [0.29, 0.717) is 13.2 Å². The molecule has 2 heterocycles. The van der Waals surface area contributed by atoms with Crippen LogP contribution in [0.4, 0.5) is 0 Å². The van der Waals surface area contributed by atoms with Crippen LogP contribution in [0.1, 0.15) is 65.2 Å². The SMILES string of the molecule is CCOc1ccc2nc(SCCCCCCCCCCSc3nc4ccc(OCC)cc4[nH]3)[nH]c2c1. The van der Waals surface area contributed by atoms with Crippen LogP contribution in [0, 0.1) is 0 Å². The summed E-state index contributed by atoms with van der Waals surface area (Å²) in [5.74, 6) is 4.02. The summed E-state index contributed by atoms with van der Waals surface area (Å²) < 4.78 is 11.1. The third-order valence-corrected chi connectivity index (χ3v) is 7.92. The van der Waals surface area contributed by atoms with Crippen LogP contribution in [0.2, 0.25) is 0 Å². The smallest absolute Gasteiger partial charge is 0.166 e. The lowest BCUT2D eigenvalue weighted by atomic mass is 10.1. The van der Waals surface area contributed by atoms with E-state index in [4.69, 9.17) is 9.47 Å². The second-order valence-electron chi connectivity index (χ2n) is 8.83. The average molecular weight is 527 g/mol. The lowest BCUT2D eigenvalue weighted by Crippen LogP contribution is -1.90. The van der Waals surface area contributed by atoms with Crippen molar-refractivity contribution in [2.45, 2.75) is 75.5 Å². The number of rotatable bonds is 17. The van der Waals surface area contributed by atoms with Crippen molar-refractivity contribution in [1.29, 1.82) is 0 Å². The molecule has 0 aliphatic heterocycles. The molecule has 0 radical (unpaired) electrons. The molecule has 0 bridgehead atoms. The standard InChI is InChI=1S/C28H38N4O2S2/c1-3-33-21-13-15-23-25(19-21)31-27(29-23)35-17-11-9-7-5-6-8-10-12-18-36-28-30-24-16-14-22(34-4-2)20-26(24)32-28/h13-16,19-20H,3-12,17-18H2,1-2H3,(H,29,31)(H,30,32). The number of nitrogens with one attached hydrogen (secondary N) is 2. The Morgan fingerprint density at radius 2 is 1.03 bits per heavy atom. The van der Waals surface area contributed by atoms with Crippen molar-refractivity contribution in [3.63, 3.8) is 0 Å². The maximum absolute atomic E-state index is 5.57. The van der Waals surface area contributed by atoms with E-state index >= 15 is 0 Å². The Hall–Kier alpha value is -2.32. The quantitative estimate of drug-likeness (QED) is 0.107. The van der Waals surface area contributed by atoms with Gasteiger partial charge in [-0.1, -0.05) is 62.0 Å². The largest absolute Gasteiger partial charge is 0.494 e. The van der Waals surface area contributed by atoms with Gasteiger partial charge in [-0.2, -0.15) is 0 Å². The second-order valence-corrected chi connectivity index (χ2v) is 11.0. The van der Waals surface area contributed by atoms with E-state index < -0.39 is 0 Å². The van der Waals surface area contributed by atoms with E-state index in [2.05, 4.69) is 19.9 Å². The van der Waals surface area contributed by atoms with Crippen LogP contribution >= 0.6 is 23.5 Å². The molecule has 2 aromatic heterocycles. The second kappa shape index (κ2) is 14.4. The first-order valence-corrected chi connectivity index (χ1v) is 15.2. The zero-order chi connectivity index (χ0) is 25.0. The molecule has 0 unspecified atom stereocenters. The highest BCUT2D eigenvalue weighted by Gasteiger charge is 2.06. The Morgan fingerprint density at radius 3 is 1.44 bits per heavy atom. The van der Waals surface area contributed by atoms with Gasteiger partial charge in [-0.25, -0.2) is 9.97 Å². The lowest BCUT2D eigenvalue weighted by molar-refractivity contribution is 0.340. The van der Waals surface area contributed by atoms with Crippen molar-refractivity contribution in [3.8, 4) is 11.5 Å². The topological polar surface area (TPSA) is 75.8 Å². The van der Waals surface area contributed by atoms with Crippen molar-refractivity contribution >= 4 is 45.6 Å². The van der Waals surface area contributed by atoms with Gasteiger partial charge in [-0.05, 0) is 51.0 Å². The van der Waals surface area contributed by atoms with Gasteiger partial charge in [0.15, 0.2) is 10.3 Å². The monoisotopic (exact) mass is 526 g/mol. The molecule has 6 nitrogen and oxygen atoms in total. The van der Waals surface area contributed by atoms with Crippen LogP contribution < -0.4 is 9.47 Å². The number of imidazole rings is 2. The molecule has 0 fully saturated rings. The van der Waals surface area contributed by atoms with Gasteiger partial charge in [0.2, 0.25) is 0 Å². The van der Waals surface area contributed by atoms with Gasteiger partial charge in [0.25, 0.3) is 0 Å². The first kappa shape index (κ1) is 26.7. The molecule has 194 valence electrons. The summed E-state index contributed by atoms with van der Waals surface area (Å²) in [6.07, 6.45) is 10.4. The molecular formula is C28H38N4O2S2. The third kappa shape index (κ3) is 8.10. The number of ether oxygens (including phenoxy) is 2. The Labute approximate surface area is 222 Å². The zero-order valence-electron chi connectivity index (χ0n) is 21.5. The minimum atomic E-state index is 0.681. The Kier molecular flexibility index (Phi) is 10.7. The maximum atomic E-state index is 5.57. The molecule has 36 heavy (non-hydrogen) atoms. The normalized spacial score (nSPS) is 11.5. The number of fused-ring (bicyclic) bond motifs is 2. The maximum Gasteiger partial charge on any atom is 0.166 e. The van der Waals surface area contributed by atoms with Gasteiger partial charge < -0.3 is 19.4 Å². The van der Waals surface area contributed by atoms with Crippen molar-refractivity contribution in [3.05, 3.63) is 36.4 Å². The van der Waals surface area contributed by atoms with Gasteiger partial charge >= 0.3 is 0 Å². The van der Waals surface area contributed by atoms with Gasteiger partial charge in [0.05, 0.1) is 35.3 Å². The molecule has 0 spiro atoms. The van der Waals surface area contributed by atoms with E-state index in [1.807, 2.05) is 73.8 Å². The molecule has 0 atom stereocenters. The fraction of sp³-hybridized carbons (Fsp3) is 0.500. The number of thioether (sulfide) groups is 2. The van der Waals surface area contributed by atoms with Crippen molar-refractivity contribution in [2.24, 2.45) is 0 Å². The summed E-state index contributed by atoms with van der Waals surface area (Å²) in [6, 6.07) is 12.1. The number of H-pyrrole nitrogens is 2. The highest BCUT2D eigenvalue weighted by molar-refractivity contribution is 7.99. The summed E-state index contributed by atoms with van der Waals surface area (Å²) in [7, 11) is 0. The first-order valence-electron chi connectivity index (χ1n) is 13.3. The Balaban J connectivity index is 1.00. The first-order chi connectivity index (χ1) is 17.7. The van der Waals surface area contributed by atoms with Gasteiger partial charge in [-0.15, -0.1) is 0 Å². The molecule has 2 aromatic carbocycles. The number of hydrogen-bond acceptors (Lipinski definition) is 6. The van der Waals surface area contributed by atoms with Gasteiger partial charge in [0.1, 0.15) is 11.5 Å². The molecule has 8 heteroatoms. The molecular weight excluding hydrogens is 488 g/mol. The van der Waals surface area contributed by atoms with Crippen LogP contribution in [0.5, 0.6) is 11.5 Å². The highest BCUT2D eigenvalue weighted by atomic mass is 32.2. The number of aromatic amines is 2. The molecule has 2 N–H and O–H groups in total. The number of benzene rings is 2. The third-order valence-electron chi connectivity index (χ3n) is 6.00.